The van der Waals surface area contributed by atoms with Crippen molar-refractivity contribution in [2.75, 3.05) is 13.8 Å². The molecule has 0 atom stereocenters. The fraction of sp³-hybridized carbons (Fsp3) is 0.889. The Bertz CT molecular complexity index is 201. The Hall–Kier alpha value is -0.880. The summed E-state index contributed by atoms with van der Waals surface area (Å²) in [6.07, 6.45) is -2.41. The molecule has 0 bridgehead atoms. The van der Waals surface area contributed by atoms with E-state index < -0.39 is 37.3 Å². The smallest absolute Gasteiger partial charge is 0.302 e. The van der Waals surface area contributed by atoms with Crippen molar-refractivity contribution in [3.8, 4) is 0 Å². The van der Waals surface area contributed by atoms with Crippen LogP contribution in [0.3, 0.4) is 0 Å². The molecule has 0 N–H and O–H groups in total. The molecule has 7 heteroatoms. The van der Waals surface area contributed by atoms with E-state index in [1.807, 2.05) is 0 Å². The first-order chi connectivity index (χ1) is 7.12. The molecule has 0 saturated carbocycles. The molecular weight excluding hydrogens is 235 g/mol. The minimum atomic E-state index is -3.51. The number of halogens is 5. The number of hydrogen-bond donors (Lipinski definition) is 0. The highest BCUT2D eigenvalue weighted by Gasteiger charge is 2.39. The number of esters is 1. The van der Waals surface area contributed by atoms with Crippen molar-refractivity contribution in [2.45, 2.75) is 38.5 Å². The highest BCUT2D eigenvalue weighted by Crippen LogP contribution is 2.32. The SMILES string of the molecule is CC(=O)OCCC(F)(F)CC(C)(F)F.CF. The van der Waals surface area contributed by atoms with Crippen LogP contribution in [0.4, 0.5) is 22.0 Å². The van der Waals surface area contributed by atoms with E-state index in [-0.39, 0.29) is 0 Å². The first-order valence-corrected chi connectivity index (χ1v) is 4.39. The van der Waals surface area contributed by atoms with Crippen molar-refractivity contribution in [2.24, 2.45) is 0 Å². The molecule has 0 aromatic rings. The van der Waals surface area contributed by atoms with Crippen LogP contribution in [0.25, 0.3) is 0 Å². The predicted molar refractivity (Wildman–Crippen MR) is 48.5 cm³/mol. The summed E-state index contributed by atoms with van der Waals surface area (Å²) in [6.45, 7) is 0.942. The van der Waals surface area contributed by atoms with E-state index in [9.17, 15) is 26.7 Å². The van der Waals surface area contributed by atoms with E-state index in [0.29, 0.717) is 14.1 Å². The minimum absolute atomic E-state index is 0.423. The number of carbonyl (C=O) groups is 1. The lowest BCUT2D eigenvalue weighted by Gasteiger charge is -2.19. The summed E-state index contributed by atoms with van der Waals surface area (Å²) in [6, 6.07) is 0. The van der Waals surface area contributed by atoms with Gasteiger partial charge in [0.25, 0.3) is 11.8 Å². The van der Waals surface area contributed by atoms with E-state index in [4.69, 9.17) is 0 Å². The molecule has 0 aliphatic heterocycles. The topological polar surface area (TPSA) is 26.3 Å². The molecule has 0 rings (SSSR count). The van der Waals surface area contributed by atoms with Crippen molar-refractivity contribution < 1.29 is 31.5 Å². The lowest BCUT2D eigenvalue weighted by molar-refractivity contribution is -0.146. The third-order valence-electron chi connectivity index (χ3n) is 1.34. The molecule has 0 amide bonds. The van der Waals surface area contributed by atoms with Gasteiger partial charge in [-0.3, -0.25) is 9.18 Å². The zero-order valence-corrected chi connectivity index (χ0v) is 9.33. The van der Waals surface area contributed by atoms with Gasteiger partial charge >= 0.3 is 5.97 Å². The van der Waals surface area contributed by atoms with Crippen LogP contribution < -0.4 is 0 Å². The van der Waals surface area contributed by atoms with Gasteiger partial charge in [0.15, 0.2) is 0 Å². The van der Waals surface area contributed by atoms with Gasteiger partial charge in [-0.2, -0.15) is 0 Å². The van der Waals surface area contributed by atoms with Gasteiger partial charge in [-0.1, -0.05) is 0 Å². The molecule has 0 aliphatic rings. The van der Waals surface area contributed by atoms with Crippen LogP contribution in [-0.2, 0) is 9.53 Å². The van der Waals surface area contributed by atoms with Gasteiger partial charge in [0, 0.05) is 13.3 Å². The van der Waals surface area contributed by atoms with Gasteiger partial charge in [0.05, 0.1) is 20.2 Å². The van der Waals surface area contributed by atoms with Crippen LogP contribution in [0.2, 0.25) is 0 Å². The van der Waals surface area contributed by atoms with Crippen LogP contribution in [0.5, 0.6) is 0 Å². The van der Waals surface area contributed by atoms with Crippen LogP contribution in [0, 0.1) is 0 Å². The number of ether oxygens (including phenoxy) is 1. The second-order valence-corrected chi connectivity index (χ2v) is 3.19. The summed E-state index contributed by atoms with van der Waals surface area (Å²) in [5.41, 5.74) is 0. The van der Waals surface area contributed by atoms with Crippen LogP contribution in [0.1, 0.15) is 26.7 Å². The quantitative estimate of drug-likeness (QED) is 0.553. The summed E-state index contributed by atoms with van der Waals surface area (Å²) in [5.74, 6) is -7.63. The molecule has 0 fully saturated rings. The normalized spacial score (nSPS) is 11.5. The number of carbonyl (C=O) groups excluding carboxylic acids is 1. The standard InChI is InChI=1S/C8H12F4O2.CH3F/c1-6(13)14-4-3-8(11,12)5-7(2,9)10;1-2/h3-5H2,1-2H3;1H3. The zero-order chi connectivity index (χ0) is 13.4. The summed E-state index contributed by atoms with van der Waals surface area (Å²) in [5, 5.41) is 0. The maximum Gasteiger partial charge on any atom is 0.302 e. The first-order valence-electron chi connectivity index (χ1n) is 4.39. The Morgan fingerprint density at radius 2 is 1.62 bits per heavy atom. The molecule has 16 heavy (non-hydrogen) atoms. The predicted octanol–water partition coefficient (Wildman–Crippen LogP) is 3.21. The summed E-state index contributed by atoms with van der Waals surface area (Å²) < 4.78 is 63.6. The van der Waals surface area contributed by atoms with Gasteiger partial charge in [-0.05, 0) is 6.92 Å². The summed E-state index contributed by atoms with van der Waals surface area (Å²) in [4.78, 5) is 10.2. The molecule has 0 unspecified atom stereocenters. The monoisotopic (exact) mass is 250 g/mol. The Morgan fingerprint density at radius 1 is 1.19 bits per heavy atom. The Kier molecular flexibility index (Phi) is 8.10. The highest BCUT2D eigenvalue weighted by molar-refractivity contribution is 5.65. The third-order valence-corrected chi connectivity index (χ3v) is 1.34. The molecular formula is C9H15F5O2. The van der Waals surface area contributed by atoms with Crippen LogP contribution in [0.15, 0.2) is 0 Å². The van der Waals surface area contributed by atoms with Gasteiger partial charge in [0.1, 0.15) is 0 Å². The number of hydrogen-bond acceptors (Lipinski definition) is 2. The third kappa shape index (κ3) is 13.1. The molecule has 0 aromatic carbocycles. The molecule has 0 spiro atoms. The van der Waals surface area contributed by atoms with E-state index in [1.165, 1.54) is 0 Å². The summed E-state index contributed by atoms with van der Waals surface area (Å²) >= 11 is 0. The molecule has 2 nitrogen and oxygen atoms in total. The maximum atomic E-state index is 12.7. The Balaban J connectivity index is 0. The van der Waals surface area contributed by atoms with Crippen LogP contribution in [-0.4, -0.2) is 31.6 Å². The molecule has 0 heterocycles. The minimum Gasteiger partial charge on any atom is -0.466 e. The Labute approximate surface area is 90.8 Å². The fourth-order valence-electron chi connectivity index (χ4n) is 0.887. The maximum absolute atomic E-state index is 12.7. The second-order valence-electron chi connectivity index (χ2n) is 3.19. The lowest BCUT2D eigenvalue weighted by atomic mass is 10.1. The Morgan fingerprint density at radius 3 is 1.94 bits per heavy atom. The van der Waals surface area contributed by atoms with Gasteiger partial charge in [-0.15, -0.1) is 0 Å². The zero-order valence-electron chi connectivity index (χ0n) is 9.33. The van der Waals surface area contributed by atoms with Gasteiger partial charge in [-0.25, -0.2) is 17.6 Å². The molecule has 98 valence electrons. The molecule has 0 saturated heterocycles. The number of alkyl halides is 5. The molecule has 0 radical (unpaired) electrons. The average molecular weight is 250 g/mol. The second kappa shape index (κ2) is 7.40. The van der Waals surface area contributed by atoms with Gasteiger partial charge < -0.3 is 4.74 Å². The van der Waals surface area contributed by atoms with Crippen LogP contribution >= 0.6 is 0 Å². The van der Waals surface area contributed by atoms with Crippen molar-refractivity contribution in [3.63, 3.8) is 0 Å². The molecule has 0 aromatic heterocycles. The van der Waals surface area contributed by atoms with Crippen molar-refractivity contribution in [1.29, 1.82) is 0 Å². The van der Waals surface area contributed by atoms with E-state index in [1.54, 1.807) is 0 Å². The average Bonchev–Trinajstić information content (AvgIpc) is 2.01. The molecule has 0 aliphatic carbocycles. The highest BCUT2D eigenvalue weighted by atomic mass is 19.3. The lowest BCUT2D eigenvalue weighted by Crippen LogP contribution is -2.28. The largest absolute Gasteiger partial charge is 0.466 e. The van der Waals surface area contributed by atoms with Crippen molar-refractivity contribution >= 4 is 5.97 Å². The van der Waals surface area contributed by atoms with E-state index >= 15 is 0 Å². The van der Waals surface area contributed by atoms with Gasteiger partial charge in [0.2, 0.25) is 0 Å². The van der Waals surface area contributed by atoms with E-state index in [0.717, 1.165) is 6.92 Å². The first kappa shape index (κ1) is 17.5. The number of rotatable bonds is 5. The fourth-order valence-corrected chi connectivity index (χ4v) is 0.887. The van der Waals surface area contributed by atoms with Crippen molar-refractivity contribution in [1.82, 2.24) is 0 Å². The summed E-state index contributed by atoms with van der Waals surface area (Å²) in [7, 11) is 0.500. The van der Waals surface area contributed by atoms with E-state index in [2.05, 4.69) is 4.74 Å². The van der Waals surface area contributed by atoms with Crippen molar-refractivity contribution in [3.05, 3.63) is 0 Å².